The van der Waals surface area contributed by atoms with Gasteiger partial charge in [0, 0.05) is 45.3 Å². The summed E-state index contributed by atoms with van der Waals surface area (Å²) < 4.78 is 25.4. The predicted molar refractivity (Wildman–Crippen MR) is 119 cm³/mol. The second-order valence-corrected chi connectivity index (χ2v) is 9.61. The van der Waals surface area contributed by atoms with E-state index in [4.69, 9.17) is 0 Å². The number of nitrogens with one attached hydrogen (secondary N) is 2. The summed E-state index contributed by atoms with van der Waals surface area (Å²) in [6.45, 7) is 5.20. The average Bonchev–Trinajstić information content (AvgIpc) is 2.94. The molecule has 0 bridgehead atoms. The minimum atomic E-state index is -3.15. The summed E-state index contributed by atoms with van der Waals surface area (Å²) in [5.74, 6) is 2.91. The molecule has 0 fully saturated rings. The molecule has 0 spiro atoms. The van der Waals surface area contributed by atoms with Gasteiger partial charge in [-0.25, -0.2) is 8.42 Å². The Bertz CT molecular complexity index is 950. The highest BCUT2D eigenvalue weighted by Crippen LogP contribution is 2.14. The summed E-state index contributed by atoms with van der Waals surface area (Å²) in [5.41, 5.74) is 1.08. The lowest BCUT2D eigenvalue weighted by atomic mass is 10.1. The number of aryl methyl sites for hydroxylation is 1. The maximum Gasteiger partial charge on any atom is 0.191 e. The standard InChI is InChI=1S/C21H32N6O2S/c1-3-22-21(23-14-12-17-8-10-18(11-9-17)30(2,28)29)24-15-13-20-26-25-19-7-5-4-6-16-27(19)20/h8-11H,3-7,12-16H2,1-2H3,(H2,22,23,24). The fraction of sp³-hybridized carbons (Fsp3) is 0.571. The monoisotopic (exact) mass is 432 g/mol. The number of benzene rings is 1. The highest BCUT2D eigenvalue weighted by molar-refractivity contribution is 7.90. The Kier molecular flexibility index (Phi) is 7.84. The Morgan fingerprint density at radius 2 is 1.90 bits per heavy atom. The number of aliphatic imine (C=N–C) groups is 1. The number of hydrogen-bond donors (Lipinski definition) is 2. The van der Waals surface area contributed by atoms with Crippen LogP contribution in [0.5, 0.6) is 0 Å². The zero-order valence-electron chi connectivity index (χ0n) is 17.9. The second-order valence-electron chi connectivity index (χ2n) is 7.60. The van der Waals surface area contributed by atoms with Crippen LogP contribution >= 0.6 is 0 Å². The van der Waals surface area contributed by atoms with E-state index in [2.05, 4.69) is 30.4 Å². The van der Waals surface area contributed by atoms with Crippen molar-refractivity contribution in [2.75, 3.05) is 25.9 Å². The molecule has 0 radical (unpaired) electrons. The second kappa shape index (κ2) is 10.6. The molecule has 1 aromatic heterocycles. The van der Waals surface area contributed by atoms with E-state index in [1.165, 1.54) is 25.5 Å². The maximum absolute atomic E-state index is 11.6. The molecule has 8 nitrogen and oxygen atoms in total. The number of rotatable bonds is 8. The predicted octanol–water partition coefficient (Wildman–Crippen LogP) is 1.75. The van der Waals surface area contributed by atoms with Crippen LogP contribution < -0.4 is 10.6 Å². The summed E-state index contributed by atoms with van der Waals surface area (Å²) >= 11 is 0. The molecule has 0 saturated carbocycles. The topological polar surface area (TPSA) is 101 Å². The molecule has 0 atom stereocenters. The molecular formula is C21H32N6O2S. The SMILES string of the molecule is CCNC(=NCCc1nnc2n1CCCCC2)NCCc1ccc(S(C)(=O)=O)cc1. The summed E-state index contributed by atoms with van der Waals surface area (Å²) in [5, 5.41) is 15.3. The molecule has 0 aliphatic carbocycles. The number of hydrogen-bond acceptors (Lipinski definition) is 5. The fourth-order valence-corrected chi connectivity index (χ4v) is 4.20. The normalized spacial score (nSPS) is 14.8. The first kappa shape index (κ1) is 22.3. The van der Waals surface area contributed by atoms with Crippen molar-refractivity contribution in [2.45, 2.75) is 56.9 Å². The van der Waals surface area contributed by atoms with Gasteiger partial charge in [-0.1, -0.05) is 18.6 Å². The molecular weight excluding hydrogens is 400 g/mol. The van der Waals surface area contributed by atoms with Gasteiger partial charge in [0.05, 0.1) is 4.90 Å². The van der Waals surface area contributed by atoms with Gasteiger partial charge < -0.3 is 15.2 Å². The van der Waals surface area contributed by atoms with Crippen molar-refractivity contribution in [3.8, 4) is 0 Å². The van der Waals surface area contributed by atoms with Crippen molar-refractivity contribution in [3.63, 3.8) is 0 Å². The Labute approximate surface area is 179 Å². The smallest absolute Gasteiger partial charge is 0.191 e. The van der Waals surface area contributed by atoms with Crippen LogP contribution in [0.4, 0.5) is 0 Å². The number of fused-ring (bicyclic) bond motifs is 1. The number of sulfone groups is 1. The van der Waals surface area contributed by atoms with E-state index in [1.807, 2.05) is 19.1 Å². The molecule has 2 heterocycles. The van der Waals surface area contributed by atoms with Crippen molar-refractivity contribution < 1.29 is 8.42 Å². The molecule has 0 saturated heterocycles. The zero-order chi connectivity index (χ0) is 21.4. The Morgan fingerprint density at radius 3 is 2.63 bits per heavy atom. The Hall–Kier alpha value is -2.42. The lowest BCUT2D eigenvalue weighted by Crippen LogP contribution is -2.38. The third kappa shape index (κ3) is 6.29. The third-order valence-electron chi connectivity index (χ3n) is 5.19. The Morgan fingerprint density at radius 1 is 1.10 bits per heavy atom. The first-order chi connectivity index (χ1) is 14.5. The lowest BCUT2D eigenvalue weighted by molar-refractivity contribution is 0.602. The summed E-state index contributed by atoms with van der Waals surface area (Å²) in [7, 11) is -3.15. The molecule has 9 heteroatoms. The van der Waals surface area contributed by atoms with Crippen LogP contribution in [-0.4, -0.2) is 55.0 Å². The van der Waals surface area contributed by atoms with Gasteiger partial charge in [0.15, 0.2) is 15.8 Å². The van der Waals surface area contributed by atoms with Crippen LogP contribution in [0.25, 0.3) is 0 Å². The van der Waals surface area contributed by atoms with Crippen molar-refractivity contribution in [1.82, 2.24) is 25.4 Å². The maximum atomic E-state index is 11.6. The van der Waals surface area contributed by atoms with E-state index >= 15 is 0 Å². The molecule has 1 aromatic carbocycles. The van der Waals surface area contributed by atoms with E-state index in [0.29, 0.717) is 18.0 Å². The summed E-state index contributed by atoms with van der Waals surface area (Å²) in [4.78, 5) is 5.02. The Balaban J connectivity index is 1.50. The van der Waals surface area contributed by atoms with E-state index < -0.39 is 9.84 Å². The van der Waals surface area contributed by atoms with Crippen LogP contribution in [0.3, 0.4) is 0 Å². The van der Waals surface area contributed by atoms with Crippen LogP contribution in [0.1, 0.15) is 43.4 Å². The lowest BCUT2D eigenvalue weighted by Gasteiger charge is -2.12. The minimum Gasteiger partial charge on any atom is -0.357 e. The summed E-state index contributed by atoms with van der Waals surface area (Å²) in [6.07, 6.45) is 7.44. The average molecular weight is 433 g/mol. The molecule has 3 rings (SSSR count). The first-order valence-corrected chi connectivity index (χ1v) is 12.6. The van der Waals surface area contributed by atoms with Crippen LogP contribution in [0.2, 0.25) is 0 Å². The zero-order valence-corrected chi connectivity index (χ0v) is 18.7. The molecule has 2 N–H and O–H groups in total. The van der Waals surface area contributed by atoms with Crippen molar-refractivity contribution in [3.05, 3.63) is 41.5 Å². The van der Waals surface area contributed by atoms with E-state index in [1.54, 1.807) is 12.1 Å². The largest absolute Gasteiger partial charge is 0.357 e. The molecule has 1 aliphatic rings. The number of aromatic nitrogens is 3. The molecule has 164 valence electrons. The summed E-state index contributed by atoms with van der Waals surface area (Å²) in [6, 6.07) is 7.04. The van der Waals surface area contributed by atoms with Gasteiger partial charge in [-0.2, -0.15) is 0 Å². The van der Waals surface area contributed by atoms with Gasteiger partial charge in [-0.05, 0) is 43.9 Å². The van der Waals surface area contributed by atoms with Gasteiger partial charge in [-0.15, -0.1) is 10.2 Å². The highest BCUT2D eigenvalue weighted by atomic mass is 32.2. The fourth-order valence-electron chi connectivity index (χ4n) is 3.57. The van der Waals surface area contributed by atoms with Crippen LogP contribution in [-0.2, 0) is 35.6 Å². The quantitative estimate of drug-likeness (QED) is 0.487. The van der Waals surface area contributed by atoms with Crippen molar-refractivity contribution in [2.24, 2.45) is 4.99 Å². The number of nitrogens with zero attached hydrogens (tertiary/aromatic N) is 4. The van der Waals surface area contributed by atoms with Gasteiger partial charge in [0.25, 0.3) is 0 Å². The molecule has 30 heavy (non-hydrogen) atoms. The van der Waals surface area contributed by atoms with Gasteiger partial charge in [0.2, 0.25) is 0 Å². The molecule has 1 aliphatic heterocycles. The van der Waals surface area contributed by atoms with Gasteiger partial charge in [-0.3, -0.25) is 4.99 Å². The first-order valence-electron chi connectivity index (χ1n) is 10.7. The molecule has 2 aromatic rings. The minimum absolute atomic E-state index is 0.348. The van der Waals surface area contributed by atoms with E-state index in [-0.39, 0.29) is 0 Å². The van der Waals surface area contributed by atoms with E-state index in [0.717, 1.165) is 55.5 Å². The van der Waals surface area contributed by atoms with Gasteiger partial charge in [0.1, 0.15) is 11.6 Å². The molecule has 0 unspecified atom stereocenters. The van der Waals surface area contributed by atoms with E-state index in [9.17, 15) is 8.42 Å². The highest BCUT2D eigenvalue weighted by Gasteiger charge is 2.14. The van der Waals surface area contributed by atoms with Crippen molar-refractivity contribution in [1.29, 1.82) is 0 Å². The van der Waals surface area contributed by atoms with Gasteiger partial charge >= 0.3 is 0 Å². The molecule has 0 amide bonds. The van der Waals surface area contributed by atoms with Crippen LogP contribution in [0, 0.1) is 0 Å². The van der Waals surface area contributed by atoms with Crippen molar-refractivity contribution >= 4 is 15.8 Å². The number of guanidine groups is 1. The third-order valence-corrected chi connectivity index (χ3v) is 6.32. The van der Waals surface area contributed by atoms with Crippen LogP contribution in [0.15, 0.2) is 34.2 Å².